The van der Waals surface area contributed by atoms with E-state index in [9.17, 15) is 0 Å². The molecule has 1 aromatic heterocycles. The molecule has 1 fully saturated rings. The van der Waals surface area contributed by atoms with E-state index in [2.05, 4.69) is 15.2 Å². The van der Waals surface area contributed by atoms with Gasteiger partial charge in [-0.15, -0.1) is 9.32 Å². The van der Waals surface area contributed by atoms with Crippen molar-refractivity contribution in [2.45, 2.75) is 4.90 Å². The molecule has 8 nitrogen and oxygen atoms in total. The number of nitrogens with one attached hydrogen (secondary N) is 1. The third-order valence-electron chi connectivity index (χ3n) is 4.38. The fourth-order valence-electron chi connectivity index (χ4n) is 3.02. The van der Waals surface area contributed by atoms with Gasteiger partial charge in [-0.05, 0) is 18.2 Å². The molecule has 3 aromatic rings. The molecule has 0 amide bonds. The minimum Gasteiger partial charge on any atom is -0.378 e. The molecule has 2 heterocycles. The molecule has 0 radical (unpaired) electrons. The maximum absolute atomic E-state index is 5.47. The van der Waals surface area contributed by atoms with E-state index in [1.807, 2.05) is 60.7 Å². The van der Waals surface area contributed by atoms with E-state index in [1.165, 1.54) is 0 Å². The lowest BCUT2D eigenvalue weighted by Gasteiger charge is -2.28. The van der Waals surface area contributed by atoms with Gasteiger partial charge in [0.1, 0.15) is 5.82 Å². The summed E-state index contributed by atoms with van der Waals surface area (Å²) in [7, 11) is 0. The first-order chi connectivity index (χ1) is 14.3. The molecule has 1 saturated heterocycles. The van der Waals surface area contributed by atoms with Gasteiger partial charge in [-0.25, -0.2) is 4.98 Å². The predicted octanol–water partition coefficient (Wildman–Crippen LogP) is 3.55. The molecule has 0 atom stereocenters. The van der Waals surface area contributed by atoms with Gasteiger partial charge in [0, 0.05) is 35.3 Å². The van der Waals surface area contributed by atoms with Crippen molar-refractivity contribution in [1.29, 1.82) is 0 Å². The van der Waals surface area contributed by atoms with Crippen LogP contribution in [-0.4, -0.2) is 36.3 Å². The number of anilines is 3. The van der Waals surface area contributed by atoms with E-state index in [0.29, 0.717) is 19.2 Å². The Morgan fingerprint density at radius 3 is 2.62 bits per heavy atom. The first-order valence-corrected chi connectivity index (χ1v) is 9.90. The molecule has 0 aliphatic carbocycles. The second kappa shape index (κ2) is 9.68. The zero-order valence-electron chi connectivity index (χ0n) is 15.7. The SMILES string of the molecule is NOOSc1cccc(Nc2nc(-c3ccccc3)cc(N3CCOCC3)n2)c1. The summed E-state index contributed by atoms with van der Waals surface area (Å²) in [6.45, 7) is 2.98. The highest BCUT2D eigenvalue weighted by Gasteiger charge is 2.16. The number of nitrogens with zero attached hydrogens (tertiary/aromatic N) is 3. The largest absolute Gasteiger partial charge is 0.378 e. The van der Waals surface area contributed by atoms with Crippen molar-refractivity contribution in [3.8, 4) is 11.3 Å². The molecule has 0 bridgehead atoms. The van der Waals surface area contributed by atoms with Crippen LogP contribution in [0.5, 0.6) is 0 Å². The molecular weight excluding hydrogens is 390 g/mol. The van der Waals surface area contributed by atoms with E-state index in [0.717, 1.165) is 52.8 Å². The Bertz CT molecular complexity index is 938. The van der Waals surface area contributed by atoms with Crippen molar-refractivity contribution < 1.29 is 14.1 Å². The molecule has 1 aliphatic heterocycles. The topological polar surface area (TPSA) is 94.8 Å². The molecule has 0 saturated carbocycles. The quantitative estimate of drug-likeness (QED) is 0.344. The van der Waals surface area contributed by atoms with E-state index in [-0.39, 0.29) is 0 Å². The molecule has 9 heteroatoms. The van der Waals surface area contributed by atoms with Crippen LogP contribution in [0, 0.1) is 0 Å². The normalized spacial score (nSPS) is 14.0. The van der Waals surface area contributed by atoms with Crippen LogP contribution in [0.2, 0.25) is 0 Å². The third-order valence-corrected chi connectivity index (χ3v) is 4.97. The fraction of sp³-hybridized carbons (Fsp3) is 0.200. The first-order valence-electron chi connectivity index (χ1n) is 9.16. The summed E-state index contributed by atoms with van der Waals surface area (Å²) in [4.78, 5) is 16.6. The van der Waals surface area contributed by atoms with Crippen molar-refractivity contribution in [3.05, 3.63) is 60.7 Å². The molecule has 3 N–H and O–H groups in total. The van der Waals surface area contributed by atoms with Crippen LogP contribution in [-0.2, 0) is 14.1 Å². The second-order valence-corrected chi connectivity index (χ2v) is 7.08. The lowest BCUT2D eigenvalue weighted by atomic mass is 10.1. The number of morpholine rings is 1. The van der Waals surface area contributed by atoms with Gasteiger partial charge in [0.15, 0.2) is 0 Å². The molecule has 0 spiro atoms. The van der Waals surface area contributed by atoms with Crippen LogP contribution in [0.3, 0.4) is 0 Å². The Morgan fingerprint density at radius 1 is 1.00 bits per heavy atom. The summed E-state index contributed by atoms with van der Waals surface area (Å²) >= 11 is 1.02. The van der Waals surface area contributed by atoms with E-state index < -0.39 is 0 Å². The highest BCUT2D eigenvalue weighted by atomic mass is 32.2. The van der Waals surface area contributed by atoms with Gasteiger partial charge < -0.3 is 15.0 Å². The monoisotopic (exact) mass is 411 g/mol. The Balaban J connectivity index is 1.65. The fourth-order valence-corrected chi connectivity index (χ4v) is 3.44. The summed E-state index contributed by atoms with van der Waals surface area (Å²) in [5.41, 5.74) is 2.72. The number of aromatic nitrogens is 2. The average molecular weight is 411 g/mol. The van der Waals surface area contributed by atoms with Gasteiger partial charge in [-0.1, -0.05) is 36.4 Å². The van der Waals surface area contributed by atoms with Crippen LogP contribution < -0.4 is 16.1 Å². The maximum Gasteiger partial charge on any atom is 0.229 e. The Hall–Kier alpha value is -2.69. The number of ether oxygens (including phenoxy) is 1. The van der Waals surface area contributed by atoms with Gasteiger partial charge in [0.25, 0.3) is 0 Å². The highest BCUT2D eigenvalue weighted by Crippen LogP contribution is 2.27. The number of rotatable bonds is 7. The average Bonchev–Trinajstić information content (AvgIpc) is 2.79. The van der Waals surface area contributed by atoms with Crippen LogP contribution in [0.25, 0.3) is 11.3 Å². The minimum absolute atomic E-state index is 0.519. The van der Waals surface area contributed by atoms with Gasteiger partial charge in [0.05, 0.1) is 31.0 Å². The Kier molecular flexibility index (Phi) is 6.55. The van der Waals surface area contributed by atoms with Crippen molar-refractivity contribution in [2.75, 3.05) is 36.5 Å². The second-order valence-electron chi connectivity index (χ2n) is 6.30. The van der Waals surface area contributed by atoms with Crippen molar-refractivity contribution in [1.82, 2.24) is 9.97 Å². The summed E-state index contributed by atoms with van der Waals surface area (Å²) in [6.07, 6.45) is 0. The van der Waals surface area contributed by atoms with E-state index in [4.69, 9.17) is 24.9 Å². The lowest BCUT2D eigenvalue weighted by molar-refractivity contribution is -0.195. The first kappa shape index (κ1) is 19.6. The number of benzene rings is 2. The van der Waals surface area contributed by atoms with Gasteiger partial charge >= 0.3 is 0 Å². The number of hydrogen-bond acceptors (Lipinski definition) is 9. The zero-order valence-corrected chi connectivity index (χ0v) is 16.5. The molecule has 29 heavy (non-hydrogen) atoms. The van der Waals surface area contributed by atoms with E-state index >= 15 is 0 Å². The maximum atomic E-state index is 5.47. The predicted molar refractivity (Wildman–Crippen MR) is 112 cm³/mol. The number of nitrogens with two attached hydrogens (primary N) is 1. The van der Waals surface area contributed by atoms with Crippen LogP contribution in [0.15, 0.2) is 65.6 Å². The standard InChI is InChI=1S/C20H21N5O3S/c21-27-28-29-17-8-4-7-16(13-17)22-20-23-18(15-5-2-1-3-6-15)14-19(24-20)25-9-11-26-12-10-25/h1-8,13-14H,9-12,21H2,(H,22,23,24). The smallest absolute Gasteiger partial charge is 0.229 e. The summed E-state index contributed by atoms with van der Waals surface area (Å²) in [5, 5.41) is 3.29. The summed E-state index contributed by atoms with van der Waals surface area (Å²) < 4.78 is 10.2. The van der Waals surface area contributed by atoms with Crippen LogP contribution in [0.4, 0.5) is 17.5 Å². The third kappa shape index (κ3) is 5.22. The summed E-state index contributed by atoms with van der Waals surface area (Å²) in [5.74, 6) is 6.30. The molecule has 2 aromatic carbocycles. The van der Waals surface area contributed by atoms with Gasteiger partial charge in [-0.2, -0.15) is 10.9 Å². The Labute approximate surface area is 173 Å². The highest BCUT2D eigenvalue weighted by molar-refractivity contribution is 7.94. The molecule has 4 rings (SSSR count). The summed E-state index contributed by atoms with van der Waals surface area (Å²) in [6, 6.07) is 19.7. The Morgan fingerprint density at radius 2 is 1.83 bits per heavy atom. The van der Waals surface area contributed by atoms with Crippen molar-refractivity contribution in [3.63, 3.8) is 0 Å². The molecule has 1 aliphatic rings. The van der Waals surface area contributed by atoms with Crippen LogP contribution >= 0.6 is 12.0 Å². The minimum atomic E-state index is 0.519. The molecule has 0 unspecified atom stereocenters. The lowest BCUT2D eigenvalue weighted by Crippen LogP contribution is -2.36. The zero-order chi connectivity index (χ0) is 19.9. The van der Waals surface area contributed by atoms with Gasteiger partial charge in [-0.3, -0.25) is 0 Å². The number of hydrogen-bond donors (Lipinski definition) is 2. The van der Waals surface area contributed by atoms with Crippen molar-refractivity contribution >= 4 is 29.5 Å². The van der Waals surface area contributed by atoms with E-state index in [1.54, 1.807) is 0 Å². The van der Waals surface area contributed by atoms with Crippen molar-refractivity contribution in [2.24, 2.45) is 5.90 Å². The molecule has 150 valence electrons. The molecular formula is C20H21N5O3S. The van der Waals surface area contributed by atoms with Gasteiger partial charge in [0.2, 0.25) is 5.95 Å². The van der Waals surface area contributed by atoms with Crippen LogP contribution in [0.1, 0.15) is 0 Å².